The van der Waals surface area contributed by atoms with E-state index in [9.17, 15) is 57.9 Å². The van der Waals surface area contributed by atoms with Gasteiger partial charge >= 0.3 is 23.5 Å². The number of imidazole rings is 1. The Hall–Kier alpha value is -2.44. The normalized spacial score (nSPS) is 20.1. The largest absolute Gasteiger partial charge is 0.481 e. The molecule has 3 heterocycles. The molecule has 0 saturated carbocycles. The Morgan fingerprint density at radius 2 is 1.42 bits per heavy atom. The predicted octanol–water partition coefficient (Wildman–Crippen LogP) is 6.34. The van der Waals surface area contributed by atoms with Crippen LogP contribution < -0.4 is 16.4 Å². The third kappa shape index (κ3) is 24.2. The number of carbonyl (C=O) groups is 3. The van der Waals surface area contributed by atoms with Crippen molar-refractivity contribution >= 4 is 69.1 Å². The summed E-state index contributed by atoms with van der Waals surface area (Å²) in [6.45, 7) is 5.20. The SMILES string of the molecule is CCC(C)CCCCCCCCCCCCCCCCCC(=O)SCCNC(=O)CCNC(=O)C(O)C(C)(C)COP(=O)(O)OP(=O)(O)OCC1OC(n2cnc3c(N)ncnc32)C(O)C1OP(=O)(O)O. The zero-order chi connectivity index (χ0) is 52.7. The highest BCUT2D eigenvalue weighted by atomic mass is 32.2. The first kappa shape index (κ1) is 62.9. The summed E-state index contributed by atoms with van der Waals surface area (Å²) in [5.41, 5.74) is 4.29. The Labute approximate surface area is 420 Å². The first-order valence-electron chi connectivity index (χ1n) is 24.5. The van der Waals surface area contributed by atoms with Gasteiger partial charge in [-0.2, -0.15) is 4.31 Å². The fraction of sp³-hybridized carbons (Fsp3) is 0.814. The van der Waals surface area contributed by atoms with Gasteiger partial charge in [0.1, 0.15) is 36.3 Å². The van der Waals surface area contributed by atoms with Gasteiger partial charge in [-0.15, -0.1) is 0 Å². The molecule has 8 atom stereocenters. The summed E-state index contributed by atoms with van der Waals surface area (Å²) in [5.74, 6) is -0.148. The number of nitrogens with two attached hydrogens (primary N) is 1. The summed E-state index contributed by atoms with van der Waals surface area (Å²) >= 11 is 1.16. The Morgan fingerprint density at radius 3 is 2.01 bits per heavy atom. The van der Waals surface area contributed by atoms with E-state index in [0.29, 0.717) is 12.2 Å². The third-order valence-electron chi connectivity index (χ3n) is 12.0. The molecule has 1 fully saturated rings. The molecular formula is C43H78N7O17P3S. The molecule has 408 valence electrons. The number of aromatic nitrogens is 4. The monoisotopic (exact) mass is 1090 g/mol. The average Bonchev–Trinajstić information content (AvgIpc) is 3.86. The number of ether oxygens (including phenoxy) is 1. The molecule has 2 amide bonds. The van der Waals surface area contributed by atoms with Gasteiger partial charge in [0.25, 0.3) is 0 Å². The van der Waals surface area contributed by atoms with E-state index in [1.54, 1.807) is 0 Å². The second-order valence-corrected chi connectivity index (χ2v) is 24.0. The fourth-order valence-electron chi connectivity index (χ4n) is 7.63. The lowest BCUT2D eigenvalue weighted by Crippen LogP contribution is -2.46. The predicted molar refractivity (Wildman–Crippen MR) is 265 cm³/mol. The molecule has 24 nitrogen and oxygen atoms in total. The van der Waals surface area contributed by atoms with Gasteiger partial charge in [0.15, 0.2) is 22.8 Å². The summed E-state index contributed by atoms with van der Waals surface area (Å²) in [6, 6.07) is 0. The number of nitrogen functional groups attached to an aromatic ring is 1. The molecule has 3 rings (SSSR count). The van der Waals surface area contributed by atoms with Gasteiger partial charge < -0.3 is 50.9 Å². The van der Waals surface area contributed by atoms with Crippen LogP contribution in [0.4, 0.5) is 5.82 Å². The lowest BCUT2D eigenvalue weighted by Gasteiger charge is -2.30. The molecule has 10 N–H and O–H groups in total. The van der Waals surface area contributed by atoms with Crippen molar-refractivity contribution in [1.29, 1.82) is 0 Å². The summed E-state index contributed by atoms with van der Waals surface area (Å²) < 4.78 is 62.5. The van der Waals surface area contributed by atoms with Crippen LogP contribution in [0.3, 0.4) is 0 Å². The average molecular weight is 1090 g/mol. The van der Waals surface area contributed by atoms with Crippen molar-refractivity contribution in [3.8, 4) is 0 Å². The van der Waals surface area contributed by atoms with Gasteiger partial charge in [-0.05, 0) is 12.3 Å². The van der Waals surface area contributed by atoms with E-state index >= 15 is 0 Å². The molecule has 71 heavy (non-hydrogen) atoms. The number of aliphatic hydroxyl groups excluding tert-OH is 2. The molecule has 1 aliphatic heterocycles. The number of aliphatic hydroxyl groups is 2. The van der Waals surface area contributed by atoms with E-state index in [-0.39, 0.29) is 41.6 Å². The number of fused-ring (bicyclic) bond motifs is 1. The zero-order valence-corrected chi connectivity index (χ0v) is 44.9. The molecule has 0 radical (unpaired) electrons. The van der Waals surface area contributed by atoms with Crippen LogP contribution in [0.15, 0.2) is 12.7 Å². The standard InChI is InChI=1S/C43H78N7O17P3S/c1-5-31(2)21-19-17-15-13-11-9-7-6-8-10-12-14-16-18-20-22-34(52)71-26-25-45-33(51)23-24-46-41(55)38(54)43(3,4)28-64-70(61,62)67-69(59,60)63-27-32-37(66-68(56,57)58)36(53)42(65-32)50-30-49-35-39(44)47-29-48-40(35)50/h29-32,36-38,42,53-54H,5-28H2,1-4H3,(H,45,51)(H,46,55)(H,59,60)(H,61,62)(H2,44,47,48)(H2,56,57,58). The van der Waals surface area contributed by atoms with Gasteiger partial charge in [-0.3, -0.25) is 32.5 Å². The van der Waals surface area contributed by atoms with Crippen molar-refractivity contribution in [1.82, 2.24) is 30.2 Å². The second kappa shape index (κ2) is 31.4. The van der Waals surface area contributed by atoms with E-state index in [1.165, 1.54) is 104 Å². The van der Waals surface area contributed by atoms with Crippen LogP contribution in [-0.4, -0.2) is 123 Å². The van der Waals surface area contributed by atoms with E-state index in [2.05, 4.69) is 48.3 Å². The molecule has 1 aliphatic rings. The first-order chi connectivity index (χ1) is 33.4. The molecule has 28 heteroatoms. The highest BCUT2D eigenvalue weighted by Gasteiger charge is 2.50. The van der Waals surface area contributed by atoms with Crippen molar-refractivity contribution in [3.05, 3.63) is 12.7 Å². The highest BCUT2D eigenvalue weighted by Crippen LogP contribution is 2.61. The number of phosphoric ester groups is 3. The number of rotatable bonds is 38. The van der Waals surface area contributed by atoms with E-state index < -0.39 is 84.6 Å². The van der Waals surface area contributed by atoms with Gasteiger partial charge in [0.05, 0.1) is 19.5 Å². The highest BCUT2D eigenvalue weighted by molar-refractivity contribution is 8.13. The van der Waals surface area contributed by atoms with Crippen molar-refractivity contribution in [2.45, 2.75) is 180 Å². The van der Waals surface area contributed by atoms with Crippen LogP contribution >= 0.6 is 35.2 Å². The van der Waals surface area contributed by atoms with E-state index in [4.69, 9.17) is 19.5 Å². The molecule has 0 bridgehead atoms. The lowest BCUT2D eigenvalue weighted by atomic mass is 9.87. The van der Waals surface area contributed by atoms with Crippen molar-refractivity contribution in [3.63, 3.8) is 0 Å². The molecule has 0 aliphatic carbocycles. The number of anilines is 1. The van der Waals surface area contributed by atoms with E-state index in [0.717, 1.165) is 54.2 Å². The van der Waals surface area contributed by atoms with Crippen molar-refractivity contribution in [2.75, 3.05) is 37.8 Å². The Bertz CT molecular complexity index is 2080. The molecule has 2 aromatic heterocycles. The summed E-state index contributed by atoms with van der Waals surface area (Å²) in [6.07, 6.45) is 15.1. The topological polar surface area (TPSA) is 364 Å². The molecule has 0 aromatic carbocycles. The summed E-state index contributed by atoms with van der Waals surface area (Å²) in [5, 5.41) is 26.7. The number of hydrogen-bond donors (Lipinski definition) is 9. The Kier molecular flexibility index (Phi) is 27.8. The summed E-state index contributed by atoms with van der Waals surface area (Å²) in [7, 11) is -16.4. The number of phosphoric acid groups is 3. The zero-order valence-electron chi connectivity index (χ0n) is 41.4. The van der Waals surface area contributed by atoms with Crippen molar-refractivity contribution < 1.29 is 80.5 Å². The van der Waals surface area contributed by atoms with Crippen LogP contribution in [0.5, 0.6) is 0 Å². The minimum Gasteiger partial charge on any atom is -0.386 e. The number of nitrogens with zero attached hydrogens (tertiary/aromatic N) is 4. The molecule has 1 saturated heterocycles. The minimum absolute atomic E-state index is 0.0342. The number of unbranched alkanes of at least 4 members (excludes halogenated alkanes) is 14. The van der Waals surface area contributed by atoms with Gasteiger partial charge in [-0.1, -0.05) is 142 Å². The van der Waals surface area contributed by atoms with Crippen LogP contribution in [0.25, 0.3) is 11.2 Å². The maximum Gasteiger partial charge on any atom is 0.481 e. The molecular weight excluding hydrogens is 1010 g/mol. The number of hydrogen-bond acceptors (Lipinski definition) is 18. The van der Waals surface area contributed by atoms with Gasteiger partial charge in [-0.25, -0.2) is 28.6 Å². The van der Waals surface area contributed by atoms with Crippen LogP contribution in [-0.2, 0) is 50.7 Å². The summed E-state index contributed by atoms with van der Waals surface area (Å²) in [4.78, 5) is 88.5. The molecule has 0 spiro atoms. The number of thioether (sulfide) groups is 1. The quantitative estimate of drug-likeness (QED) is 0.0261. The van der Waals surface area contributed by atoms with Crippen LogP contribution in [0.2, 0.25) is 0 Å². The number of carbonyl (C=O) groups excluding carboxylic acids is 3. The Balaban J connectivity index is 1.25. The third-order valence-corrected chi connectivity index (χ3v) is 16.1. The maximum absolute atomic E-state index is 12.8. The maximum atomic E-state index is 12.8. The first-order valence-corrected chi connectivity index (χ1v) is 30.0. The lowest BCUT2D eigenvalue weighted by molar-refractivity contribution is -0.137. The second-order valence-electron chi connectivity index (χ2n) is 18.6. The Morgan fingerprint density at radius 1 is 0.845 bits per heavy atom. The minimum atomic E-state index is -5.58. The van der Waals surface area contributed by atoms with Gasteiger partial charge in [0, 0.05) is 37.1 Å². The smallest absolute Gasteiger partial charge is 0.386 e. The molecule has 8 unspecified atom stereocenters. The van der Waals surface area contributed by atoms with E-state index in [1.807, 2.05) is 0 Å². The van der Waals surface area contributed by atoms with Gasteiger partial charge in [0.2, 0.25) is 11.8 Å². The number of amides is 2. The number of nitrogens with one attached hydrogen (secondary N) is 2. The van der Waals surface area contributed by atoms with Crippen LogP contribution in [0.1, 0.15) is 156 Å². The van der Waals surface area contributed by atoms with Crippen molar-refractivity contribution in [2.24, 2.45) is 11.3 Å². The molecule has 2 aromatic rings. The fourth-order valence-corrected chi connectivity index (χ4v) is 11.2. The van der Waals surface area contributed by atoms with Crippen LogP contribution in [0, 0.1) is 11.3 Å².